The maximum Gasteiger partial charge on any atom is 0.416 e. The van der Waals surface area contributed by atoms with Gasteiger partial charge in [-0.25, -0.2) is 0 Å². The van der Waals surface area contributed by atoms with Crippen LogP contribution in [-0.2, 0) is 21.1 Å². The zero-order valence-electron chi connectivity index (χ0n) is 9.67. The van der Waals surface area contributed by atoms with Crippen molar-refractivity contribution >= 4 is 5.97 Å². The van der Waals surface area contributed by atoms with Crippen molar-refractivity contribution in [3.8, 4) is 0 Å². The van der Waals surface area contributed by atoms with Crippen LogP contribution in [-0.4, -0.2) is 13.1 Å². The highest BCUT2D eigenvalue weighted by Crippen LogP contribution is 2.86. The number of ether oxygens (including phenoxy) is 1. The van der Waals surface area contributed by atoms with Gasteiger partial charge in [0.05, 0.1) is 18.1 Å². The molecule has 0 aliphatic heterocycles. The van der Waals surface area contributed by atoms with E-state index in [4.69, 9.17) is 4.74 Å². The van der Waals surface area contributed by atoms with Gasteiger partial charge in [-0.2, -0.15) is 13.2 Å². The molecule has 0 N–H and O–H groups in total. The first-order valence-electron chi connectivity index (χ1n) is 5.62. The van der Waals surface area contributed by atoms with Crippen LogP contribution in [0.15, 0.2) is 24.3 Å². The number of rotatable bonds is 2. The van der Waals surface area contributed by atoms with E-state index >= 15 is 0 Å². The molecule has 1 aromatic carbocycles. The molecule has 2 aliphatic rings. The Labute approximate surface area is 102 Å². The molecule has 0 saturated heterocycles. The lowest BCUT2D eigenvalue weighted by molar-refractivity contribution is -0.144. The number of fused-ring (bicyclic) bond motifs is 1. The molecule has 1 aromatic rings. The molecule has 96 valence electrons. The molecular formula is C13H11F3O2. The van der Waals surface area contributed by atoms with Crippen molar-refractivity contribution in [3.63, 3.8) is 0 Å². The molecule has 0 radical (unpaired) electrons. The van der Waals surface area contributed by atoms with E-state index in [-0.39, 0.29) is 11.4 Å². The van der Waals surface area contributed by atoms with E-state index in [0.29, 0.717) is 12.8 Å². The lowest BCUT2D eigenvalue weighted by Crippen LogP contribution is -2.08. The summed E-state index contributed by atoms with van der Waals surface area (Å²) in [6.45, 7) is 0. The molecule has 0 aromatic heterocycles. The van der Waals surface area contributed by atoms with Gasteiger partial charge in [-0.05, 0) is 30.5 Å². The number of benzene rings is 1. The Kier molecular flexibility index (Phi) is 1.98. The summed E-state index contributed by atoms with van der Waals surface area (Å²) in [5.74, 6) is -0.248. The third-order valence-electron chi connectivity index (χ3n) is 4.21. The SMILES string of the molecule is COC(=O)C12CC1(c1ccc(C(F)(F)F)cc1)C2. The Morgan fingerprint density at radius 2 is 1.78 bits per heavy atom. The Morgan fingerprint density at radius 1 is 1.22 bits per heavy atom. The highest BCUT2D eigenvalue weighted by molar-refractivity contribution is 5.90. The van der Waals surface area contributed by atoms with Crippen molar-refractivity contribution in [2.45, 2.75) is 24.4 Å². The minimum atomic E-state index is -4.32. The maximum atomic E-state index is 12.4. The minimum absolute atomic E-state index is 0.246. The number of alkyl halides is 3. The number of hydrogen-bond donors (Lipinski definition) is 0. The van der Waals surface area contributed by atoms with Crippen LogP contribution in [0.25, 0.3) is 0 Å². The number of esters is 1. The van der Waals surface area contributed by atoms with Crippen molar-refractivity contribution < 1.29 is 22.7 Å². The molecule has 0 heterocycles. The Balaban J connectivity index is 1.84. The van der Waals surface area contributed by atoms with Gasteiger partial charge in [-0.3, -0.25) is 4.79 Å². The van der Waals surface area contributed by atoms with Crippen LogP contribution in [0, 0.1) is 5.41 Å². The normalized spacial score (nSPS) is 32.7. The molecule has 18 heavy (non-hydrogen) atoms. The van der Waals surface area contributed by atoms with Gasteiger partial charge in [0.15, 0.2) is 0 Å². The van der Waals surface area contributed by atoms with Crippen molar-refractivity contribution in [1.29, 1.82) is 0 Å². The van der Waals surface area contributed by atoms with Crippen LogP contribution in [0.5, 0.6) is 0 Å². The van der Waals surface area contributed by atoms with Gasteiger partial charge < -0.3 is 4.74 Å². The summed E-state index contributed by atoms with van der Waals surface area (Å²) in [6.07, 6.45) is -2.93. The average molecular weight is 256 g/mol. The van der Waals surface area contributed by atoms with Gasteiger partial charge >= 0.3 is 12.1 Å². The number of carbonyl (C=O) groups is 1. The van der Waals surface area contributed by atoms with Crippen molar-refractivity contribution in [1.82, 2.24) is 0 Å². The van der Waals surface area contributed by atoms with Crippen LogP contribution < -0.4 is 0 Å². The van der Waals surface area contributed by atoms with Crippen LogP contribution >= 0.6 is 0 Å². The van der Waals surface area contributed by atoms with Gasteiger partial charge in [-0.15, -0.1) is 0 Å². The fraction of sp³-hybridized carbons (Fsp3) is 0.462. The van der Waals surface area contributed by atoms with Gasteiger partial charge in [0.2, 0.25) is 0 Å². The molecule has 0 unspecified atom stereocenters. The second-order valence-electron chi connectivity index (χ2n) is 5.08. The molecule has 0 bridgehead atoms. The fourth-order valence-electron chi connectivity index (χ4n) is 2.88. The summed E-state index contributed by atoms with van der Waals surface area (Å²) >= 11 is 0. The molecular weight excluding hydrogens is 245 g/mol. The van der Waals surface area contributed by atoms with Gasteiger partial charge in [-0.1, -0.05) is 12.1 Å². The van der Waals surface area contributed by atoms with E-state index in [1.165, 1.54) is 19.2 Å². The molecule has 0 spiro atoms. The van der Waals surface area contributed by atoms with E-state index in [0.717, 1.165) is 17.7 Å². The Hall–Kier alpha value is -1.52. The summed E-state index contributed by atoms with van der Waals surface area (Å²) in [5, 5.41) is 0. The second-order valence-corrected chi connectivity index (χ2v) is 5.08. The third-order valence-corrected chi connectivity index (χ3v) is 4.21. The summed E-state index contributed by atoms with van der Waals surface area (Å²) in [4.78, 5) is 11.5. The first kappa shape index (κ1) is 11.6. The van der Waals surface area contributed by atoms with E-state index in [1.54, 1.807) is 0 Å². The first-order valence-corrected chi connectivity index (χ1v) is 5.62. The summed E-state index contributed by atoms with van der Waals surface area (Å²) in [5.41, 5.74) is -0.542. The lowest BCUT2D eigenvalue weighted by Gasteiger charge is -2.08. The zero-order chi connectivity index (χ0) is 13.2. The summed E-state index contributed by atoms with van der Waals surface area (Å²) in [7, 11) is 1.34. The minimum Gasteiger partial charge on any atom is -0.469 e. The smallest absolute Gasteiger partial charge is 0.416 e. The number of methoxy groups -OCH3 is 1. The van der Waals surface area contributed by atoms with E-state index in [1.807, 2.05) is 0 Å². The maximum absolute atomic E-state index is 12.4. The molecule has 2 fully saturated rings. The average Bonchev–Trinajstić information content (AvgIpc) is 3.13. The summed E-state index contributed by atoms with van der Waals surface area (Å²) < 4.78 is 42.0. The Morgan fingerprint density at radius 3 is 2.22 bits per heavy atom. The lowest BCUT2D eigenvalue weighted by atomic mass is 10.0. The largest absolute Gasteiger partial charge is 0.469 e. The van der Waals surface area contributed by atoms with Crippen LogP contribution in [0.4, 0.5) is 13.2 Å². The molecule has 2 aliphatic carbocycles. The topological polar surface area (TPSA) is 26.3 Å². The number of halogens is 3. The molecule has 2 nitrogen and oxygen atoms in total. The standard InChI is InChI=1S/C13H11F3O2/c1-18-10(17)12-6-11(12,7-12)8-2-4-9(5-3-8)13(14,15)16/h2-5H,6-7H2,1H3. The van der Waals surface area contributed by atoms with Crippen LogP contribution in [0.3, 0.4) is 0 Å². The van der Waals surface area contributed by atoms with Gasteiger partial charge in [0.25, 0.3) is 0 Å². The molecule has 0 atom stereocenters. The number of carbonyl (C=O) groups excluding carboxylic acids is 1. The van der Waals surface area contributed by atoms with Crippen molar-refractivity contribution in [2.24, 2.45) is 5.41 Å². The molecule has 3 rings (SSSR count). The van der Waals surface area contributed by atoms with Gasteiger partial charge in [0.1, 0.15) is 0 Å². The first-order chi connectivity index (χ1) is 8.36. The zero-order valence-corrected chi connectivity index (χ0v) is 9.67. The third kappa shape index (κ3) is 1.27. The van der Waals surface area contributed by atoms with E-state index in [2.05, 4.69) is 0 Å². The van der Waals surface area contributed by atoms with Crippen molar-refractivity contribution in [3.05, 3.63) is 35.4 Å². The molecule has 5 heteroatoms. The predicted octanol–water partition coefficient (Wildman–Crippen LogP) is 2.91. The van der Waals surface area contributed by atoms with Crippen LogP contribution in [0.2, 0.25) is 0 Å². The second kappa shape index (κ2) is 3.08. The van der Waals surface area contributed by atoms with E-state index in [9.17, 15) is 18.0 Å². The monoisotopic (exact) mass is 256 g/mol. The quantitative estimate of drug-likeness (QED) is 0.760. The Bertz CT molecular complexity index is 510. The summed E-state index contributed by atoms with van der Waals surface area (Å²) in [6, 6.07) is 5.09. The van der Waals surface area contributed by atoms with Gasteiger partial charge in [0, 0.05) is 5.41 Å². The van der Waals surface area contributed by atoms with Crippen molar-refractivity contribution in [2.75, 3.05) is 7.11 Å². The molecule has 2 saturated carbocycles. The highest BCUT2D eigenvalue weighted by Gasteiger charge is 2.88. The fourth-order valence-corrected chi connectivity index (χ4v) is 2.88. The predicted molar refractivity (Wildman–Crippen MR) is 56.8 cm³/mol. The number of hydrogen-bond acceptors (Lipinski definition) is 2. The van der Waals surface area contributed by atoms with E-state index < -0.39 is 17.2 Å². The molecule has 0 amide bonds. The van der Waals surface area contributed by atoms with Crippen LogP contribution in [0.1, 0.15) is 24.0 Å². The highest BCUT2D eigenvalue weighted by atomic mass is 19.4.